The van der Waals surface area contributed by atoms with Gasteiger partial charge in [-0.1, -0.05) is 0 Å². The van der Waals surface area contributed by atoms with Gasteiger partial charge in [0.2, 0.25) is 0 Å². The van der Waals surface area contributed by atoms with Crippen LogP contribution in [0, 0.1) is 5.82 Å². The van der Waals surface area contributed by atoms with Crippen LogP contribution in [0.2, 0.25) is 0 Å². The monoisotopic (exact) mass is 281 g/mol. The standard InChI is InChI=1S/C12H9BrFNO/c13-7-4-5-8(14)11-10(7)12(16)6-2-1-3-9(6)15-11/h4-5H,1-3H2,(H,15,16). The molecule has 0 fully saturated rings. The lowest BCUT2D eigenvalue weighted by Crippen LogP contribution is -2.11. The van der Waals surface area contributed by atoms with Crippen LogP contribution < -0.4 is 5.43 Å². The number of hydrogen-bond acceptors (Lipinski definition) is 1. The molecule has 82 valence electrons. The van der Waals surface area contributed by atoms with Gasteiger partial charge >= 0.3 is 0 Å². The highest BCUT2D eigenvalue weighted by molar-refractivity contribution is 9.10. The lowest BCUT2D eigenvalue weighted by atomic mass is 10.1. The number of rotatable bonds is 0. The van der Waals surface area contributed by atoms with Crippen LogP contribution in [0.25, 0.3) is 10.9 Å². The number of fused-ring (bicyclic) bond motifs is 2. The predicted molar refractivity (Wildman–Crippen MR) is 64.3 cm³/mol. The lowest BCUT2D eigenvalue weighted by molar-refractivity contribution is 0.636. The molecule has 0 bridgehead atoms. The minimum absolute atomic E-state index is 0.0346. The fourth-order valence-corrected chi connectivity index (χ4v) is 2.84. The first kappa shape index (κ1) is 10.0. The van der Waals surface area contributed by atoms with Crippen molar-refractivity contribution in [1.29, 1.82) is 0 Å². The van der Waals surface area contributed by atoms with Gasteiger partial charge in [-0.25, -0.2) is 4.39 Å². The molecule has 16 heavy (non-hydrogen) atoms. The smallest absolute Gasteiger partial charge is 0.194 e. The third-order valence-corrected chi connectivity index (χ3v) is 3.76. The van der Waals surface area contributed by atoms with E-state index in [0.717, 1.165) is 30.5 Å². The zero-order valence-electron chi connectivity index (χ0n) is 8.44. The van der Waals surface area contributed by atoms with Gasteiger partial charge in [-0.3, -0.25) is 4.79 Å². The molecule has 0 amide bonds. The molecule has 1 aromatic carbocycles. The maximum Gasteiger partial charge on any atom is 0.194 e. The Labute approximate surface area is 99.6 Å². The molecule has 0 saturated carbocycles. The van der Waals surface area contributed by atoms with Gasteiger partial charge in [0.25, 0.3) is 0 Å². The van der Waals surface area contributed by atoms with E-state index in [1.807, 2.05) is 0 Å². The number of benzene rings is 1. The third kappa shape index (κ3) is 1.26. The van der Waals surface area contributed by atoms with Crippen molar-refractivity contribution in [1.82, 2.24) is 4.98 Å². The van der Waals surface area contributed by atoms with Gasteiger partial charge in [0.05, 0.1) is 10.9 Å². The molecule has 3 rings (SSSR count). The maximum atomic E-state index is 13.6. The molecule has 1 N–H and O–H groups in total. The van der Waals surface area contributed by atoms with Gasteiger partial charge in [0.15, 0.2) is 5.43 Å². The number of aryl methyl sites for hydroxylation is 1. The van der Waals surface area contributed by atoms with Gasteiger partial charge in [-0.05, 0) is 47.3 Å². The van der Waals surface area contributed by atoms with Crippen LogP contribution in [0.4, 0.5) is 4.39 Å². The van der Waals surface area contributed by atoms with Gasteiger partial charge in [-0.15, -0.1) is 0 Å². The first-order valence-corrected chi connectivity index (χ1v) is 5.99. The van der Waals surface area contributed by atoms with Crippen LogP contribution in [0.1, 0.15) is 17.7 Å². The van der Waals surface area contributed by atoms with Crippen molar-refractivity contribution >= 4 is 26.8 Å². The van der Waals surface area contributed by atoms with E-state index in [0.29, 0.717) is 15.4 Å². The van der Waals surface area contributed by atoms with Crippen molar-refractivity contribution in [3.8, 4) is 0 Å². The zero-order valence-corrected chi connectivity index (χ0v) is 10.0. The number of hydrogen-bond donors (Lipinski definition) is 1. The number of aromatic amines is 1. The van der Waals surface area contributed by atoms with E-state index >= 15 is 0 Å². The van der Waals surface area contributed by atoms with Crippen LogP contribution in [-0.4, -0.2) is 4.98 Å². The molecular weight excluding hydrogens is 273 g/mol. The molecule has 0 aliphatic heterocycles. The normalized spacial score (nSPS) is 14.4. The second-order valence-electron chi connectivity index (χ2n) is 4.04. The van der Waals surface area contributed by atoms with E-state index in [9.17, 15) is 9.18 Å². The highest BCUT2D eigenvalue weighted by Crippen LogP contribution is 2.26. The molecule has 1 heterocycles. The van der Waals surface area contributed by atoms with Gasteiger partial charge in [0.1, 0.15) is 5.82 Å². The minimum Gasteiger partial charge on any atom is -0.356 e. The van der Waals surface area contributed by atoms with Crippen LogP contribution >= 0.6 is 15.9 Å². The molecular formula is C12H9BrFNO. The second-order valence-corrected chi connectivity index (χ2v) is 4.90. The van der Waals surface area contributed by atoms with Crippen LogP contribution in [0.15, 0.2) is 21.4 Å². The topological polar surface area (TPSA) is 32.9 Å². The van der Waals surface area contributed by atoms with Crippen molar-refractivity contribution in [3.63, 3.8) is 0 Å². The number of pyridine rings is 1. The Bertz CT molecular complexity index is 647. The Kier molecular flexibility index (Phi) is 2.14. The number of nitrogens with one attached hydrogen (secondary N) is 1. The maximum absolute atomic E-state index is 13.6. The number of halogens is 2. The predicted octanol–water partition coefficient (Wildman–Crippen LogP) is 2.92. The van der Waals surface area contributed by atoms with Crippen LogP contribution in [0.3, 0.4) is 0 Å². The van der Waals surface area contributed by atoms with Crippen molar-refractivity contribution in [3.05, 3.63) is 43.9 Å². The van der Waals surface area contributed by atoms with Gasteiger partial charge in [-0.2, -0.15) is 0 Å². The first-order valence-electron chi connectivity index (χ1n) is 5.20. The highest BCUT2D eigenvalue weighted by atomic mass is 79.9. The Morgan fingerprint density at radius 2 is 2.12 bits per heavy atom. The summed E-state index contributed by atoms with van der Waals surface area (Å²) in [5, 5.41) is 0.431. The van der Waals surface area contributed by atoms with Crippen molar-refractivity contribution in [2.24, 2.45) is 0 Å². The molecule has 4 heteroatoms. The van der Waals surface area contributed by atoms with Gasteiger partial charge in [0, 0.05) is 15.7 Å². The Balaban J connectivity index is 2.56. The molecule has 0 unspecified atom stereocenters. The molecule has 0 atom stereocenters. The second kappa shape index (κ2) is 3.42. The fraction of sp³-hybridized carbons (Fsp3) is 0.250. The van der Waals surface area contributed by atoms with E-state index in [-0.39, 0.29) is 11.2 Å². The summed E-state index contributed by atoms with van der Waals surface area (Å²) in [6, 6.07) is 2.94. The Hall–Kier alpha value is -1.16. The quantitative estimate of drug-likeness (QED) is 0.791. The average molecular weight is 282 g/mol. The summed E-state index contributed by atoms with van der Waals surface area (Å²) < 4.78 is 14.3. The van der Waals surface area contributed by atoms with E-state index in [1.54, 1.807) is 6.07 Å². The van der Waals surface area contributed by atoms with E-state index in [1.165, 1.54) is 6.07 Å². The van der Waals surface area contributed by atoms with Crippen LogP contribution in [0.5, 0.6) is 0 Å². The van der Waals surface area contributed by atoms with Crippen LogP contribution in [-0.2, 0) is 12.8 Å². The van der Waals surface area contributed by atoms with Crippen molar-refractivity contribution < 1.29 is 4.39 Å². The van der Waals surface area contributed by atoms with Crippen molar-refractivity contribution in [2.75, 3.05) is 0 Å². The molecule has 2 aromatic rings. The summed E-state index contributed by atoms with van der Waals surface area (Å²) in [5.74, 6) is -0.370. The highest BCUT2D eigenvalue weighted by Gasteiger charge is 2.19. The summed E-state index contributed by atoms with van der Waals surface area (Å²) in [6.45, 7) is 0. The fourth-order valence-electron chi connectivity index (χ4n) is 2.33. The molecule has 1 aliphatic carbocycles. The molecule has 1 aromatic heterocycles. The van der Waals surface area contributed by atoms with Crippen molar-refractivity contribution in [2.45, 2.75) is 19.3 Å². The third-order valence-electron chi connectivity index (χ3n) is 3.10. The zero-order chi connectivity index (χ0) is 11.3. The summed E-state index contributed by atoms with van der Waals surface area (Å²) in [5.41, 5.74) is 2.00. The molecule has 1 aliphatic rings. The summed E-state index contributed by atoms with van der Waals surface area (Å²) in [6.07, 6.45) is 2.60. The minimum atomic E-state index is -0.370. The lowest BCUT2D eigenvalue weighted by Gasteiger charge is -2.06. The van der Waals surface area contributed by atoms with E-state index < -0.39 is 0 Å². The van der Waals surface area contributed by atoms with E-state index in [2.05, 4.69) is 20.9 Å². The summed E-state index contributed by atoms with van der Waals surface area (Å²) >= 11 is 3.30. The number of aromatic nitrogens is 1. The summed E-state index contributed by atoms with van der Waals surface area (Å²) in [7, 11) is 0. The van der Waals surface area contributed by atoms with E-state index in [4.69, 9.17) is 0 Å². The Morgan fingerprint density at radius 1 is 1.31 bits per heavy atom. The largest absolute Gasteiger partial charge is 0.356 e. The average Bonchev–Trinajstić information content (AvgIpc) is 2.72. The molecule has 0 radical (unpaired) electrons. The molecule has 0 spiro atoms. The summed E-state index contributed by atoms with van der Waals surface area (Å²) in [4.78, 5) is 15.2. The molecule has 0 saturated heterocycles. The molecule has 2 nitrogen and oxygen atoms in total. The SMILES string of the molecule is O=c1c2c([nH]c3c(F)ccc(Br)c13)CCC2. The number of H-pyrrole nitrogens is 1. The first-order chi connectivity index (χ1) is 7.68. The van der Waals surface area contributed by atoms with Gasteiger partial charge < -0.3 is 4.98 Å². The Morgan fingerprint density at radius 3 is 2.94 bits per heavy atom.